The molecule has 0 spiro atoms. The standard InChI is InChI=1S/C16H15N5O3S/c17-8-13(16(22)21-10-12-2-1-7-19-9-12)11-20-14-3-5-15(6-4-14)25(18,23)24/h1-7,9,11,20H,10H2,(H,21,22)(H2,18,23,24)/b13-11-. The Bertz CT molecular complexity index is 916. The van der Waals surface area contributed by atoms with Crippen LogP contribution in [0, 0.1) is 11.3 Å². The molecule has 0 atom stereocenters. The van der Waals surface area contributed by atoms with Gasteiger partial charge in [-0.1, -0.05) is 6.07 Å². The van der Waals surface area contributed by atoms with Crippen molar-refractivity contribution in [2.45, 2.75) is 11.4 Å². The quantitative estimate of drug-likeness (QED) is 0.518. The van der Waals surface area contributed by atoms with Crippen molar-refractivity contribution in [3.05, 3.63) is 66.1 Å². The molecule has 1 aromatic carbocycles. The second-order valence-electron chi connectivity index (χ2n) is 4.93. The molecule has 128 valence electrons. The zero-order chi connectivity index (χ0) is 18.3. The van der Waals surface area contributed by atoms with E-state index in [9.17, 15) is 13.2 Å². The highest BCUT2D eigenvalue weighted by Gasteiger charge is 2.09. The number of amides is 1. The van der Waals surface area contributed by atoms with Gasteiger partial charge in [0.25, 0.3) is 5.91 Å². The third kappa shape index (κ3) is 5.42. The number of aromatic nitrogens is 1. The fraction of sp³-hybridized carbons (Fsp3) is 0.0625. The molecule has 8 nitrogen and oxygen atoms in total. The second-order valence-corrected chi connectivity index (χ2v) is 6.49. The van der Waals surface area contributed by atoms with E-state index in [1.807, 2.05) is 0 Å². The molecule has 9 heteroatoms. The fourth-order valence-corrected chi connectivity index (χ4v) is 2.34. The molecule has 0 fully saturated rings. The minimum Gasteiger partial charge on any atom is -0.360 e. The van der Waals surface area contributed by atoms with E-state index in [1.165, 1.54) is 30.5 Å². The Labute approximate surface area is 145 Å². The molecule has 0 unspecified atom stereocenters. The number of hydrogen-bond acceptors (Lipinski definition) is 6. The predicted molar refractivity (Wildman–Crippen MR) is 91.2 cm³/mol. The number of anilines is 1. The zero-order valence-electron chi connectivity index (χ0n) is 13.0. The van der Waals surface area contributed by atoms with Gasteiger partial charge in [0.1, 0.15) is 11.6 Å². The summed E-state index contributed by atoms with van der Waals surface area (Å²) in [6, 6.07) is 10.9. The van der Waals surface area contributed by atoms with E-state index in [1.54, 1.807) is 30.6 Å². The van der Waals surface area contributed by atoms with Crippen molar-refractivity contribution in [1.82, 2.24) is 10.3 Å². The van der Waals surface area contributed by atoms with Gasteiger partial charge in [-0.2, -0.15) is 5.26 Å². The highest BCUT2D eigenvalue weighted by molar-refractivity contribution is 7.89. The van der Waals surface area contributed by atoms with Crippen molar-refractivity contribution in [3.63, 3.8) is 0 Å². The number of sulfonamides is 1. The maximum atomic E-state index is 12.0. The first-order chi connectivity index (χ1) is 11.9. The molecule has 2 aromatic rings. The molecule has 0 radical (unpaired) electrons. The average molecular weight is 357 g/mol. The summed E-state index contributed by atoms with van der Waals surface area (Å²) in [4.78, 5) is 15.9. The molecule has 4 N–H and O–H groups in total. The van der Waals surface area contributed by atoms with Gasteiger partial charge in [-0.05, 0) is 35.9 Å². The topological polar surface area (TPSA) is 138 Å². The summed E-state index contributed by atoms with van der Waals surface area (Å²) in [6.45, 7) is 0.245. The molecular weight excluding hydrogens is 342 g/mol. The van der Waals surface area contributed by atoms with E-state index in [0.717, 1.165) is 5.56 Å². The number of carbonyl (C=O) groups excluding carboxylic acids is 1. The van der Waals surface area contributed by atoms with Crippen LogP contribution < -0.4 is 15.8 Å². The lowest BCUT2D eigenvalue weighted by Gasteiger charge is -2.05. The molecule has 2 rings (SSSR count). The van der Waals surface area contributed by atoms with E-state index < -0.39 is 15.9 Å². The Hall–Kier alpha value is -3.22. The van der Waals surface area contributed by atoms with Crippen LogP contribution in [-0.4, -0.2) is 19.3 Å². The number of hydrogen-bond donors (Lipinski definition) is 3. The minimum atomic E-state index is -3.77. The van der Waals surface area contributed by atoms with Gasteiger partial charge < -0.3 is 10.6 Å². The Morgan fingerprint density at radius 1 is 1.28 bits per heavy atom. The molecular formula is C16H15N5O3S. The smallest absolute Gasteiger partial charge is 0.263 e. The molecule has 1 aromatic heterocycles. The first-order valence-corrected chi connectivity index (χ1v) is 8.61. The van der Waals surface area contributed by atoms with E-state index in [4.69, 9.17) is 10.4 Å². The molecule has 0 aliphatic carbocycles. The van der Waals surface area contributed by atoms with Crippen LogP contribution in [0.3, 0.4) is 0 Å². The summed E-state index contributed by atoms with van der Waals surface area (Å²) >= 11 is 0. The van der Waals surface area contributed by atoms with Gasteiger partial charge >= 0.3 is 0 Å². The normalized spacial score (nSPS) is 11.4. The second kappa shape index (κ2) is 8.05. The first-order valence-electron chi connectivity index (χ1n) is 7.07. The van der Waals surface area contributed by atoms with Crippen molar-refractivity contribution < 1.29 is 13.2 Å². The number of benzene rings is 1. The van der Waals surface area contributed by atoms with Crippen molar-refractivity contribution in [2.24, 2.45) is 5.14 Å². The summed E-state index contributed by atoms with van der Waals surface area (Å²) in [5.41, 5.74) is 1.18. The van der Waals surface area contributed by atoms with E-state index in [-0.39, 0.29) is 17.0 Å². The van der Waals surface area contributed by atoms with Crippen LogP contribution in [0.15, 0.2) is 65.5 Å². The van der Waals surface area contributed by atoms with Gasteiger partial charge in [0.2, 0.25) is 10.0 Å². The van der Waals surface area contributed by atoms with Crippen LogP contribution in [0.4, 0.5) is 5.69 Å². The fourth-order valence-electron chi connectivity index (χ4n) is 1.83. The third-order valence-electron chi connectivity index (χ3n) is 3.11. The summed E-state index contributed by atoms with van der Waals surface area (Å²) in [5.74, 6) is -0.542. The number of nitriles is 1. The van der Waals surface area contributed by atoms with Crippen LogP contribution >= 0.6 is 0 Å². The van der Waals surface area contributed by atoms with Gasteiger partial charge in [0.15, 0.2) is 0 Å². The zero-order valence-corrected chi connectivity index (χ0v) is 13.8. The molecule has 0 bridgehead atoms. The Kier molecular flexibility index (Phi) is 5.84. The Balaban J connectivity index is 2.00. The molecule has 0 aliphatic rings. The third-order valence-corrected chi connectivity index (χ3v) is 4.04. The number of primary sulfonamides is 1. The predicted octanol–water partition coefficient (Wildman–Crippen LogP) is 0.865. The van der Waals surface area contributed by atoms with Gasteiger partial charge in [0, 0.05) is 30.8 Å². The highest BCUT2D eigenvalue weighted by Crippen LogP contribution is 2.13. The van der Waals surface area contributed by atoms with Gasteiger partial charge in [-0.25, -0.2) is 13.6 Å². The van der Waals surface area contributed by atoms with Gasteiger partial charge in [-0.3, -0.25) is 9.78 Å². The van der Waals surface area contributed by atoms with E-state index >= 15 is 0 Å². The number of pyridine rings is 1. The number of nitrogens with one attached hydrogen (secondary N) is 2. The van der Waals surface area contributed by atoms with Crippen LogP contribution in [0.2, 0.25) is 0 Å². The number of rotatable bonds is 6. The summed E-state index contributed by atoms with van der Waals surface area (Å²) in [5, 5.41) is 19.5. The SMILES string of the molecule is N#C/C(=C/Nc1ccc(S(N)(=O)=O)cc1)C(=O)NCc1cccnc1. The molecule has 1 heterocycles. The first kappa shape index (κ1) is 18.1. The van der Waals surface area contributed by atoms with Crippen molar-refractivity contribution in [2.75, 3.05) is 5.32 Å². The summed E-state index contributed by atoms with van der Waals surface area (Å²) < 4.78 is 22.4. The number of nitrogens with zero attached hydrogens (tertiary/aromatic N) is 2. The van der Waals surface area contributed by atoms with Crippen molar-refractivity contribution in [3.8, 4) is 6.07 Å². The number of carbonyl (C=O) groups is 1. The lowest BCUT2D eigenvalue weighted by Crippen LogP contribution is -2.24. The molecule has 1 amide bonds. The lowest BCUT2D eigenvalue weighted by molar-refractivity contribution is -0.117. The average Bonchev–Trinajstić information content (AvgIpc) is 2.61. The highest BCUT2D eigenvalue weighted by atomic mass is 32.2. The minimum absolute atomic E-state index is 0.0308. The largest absolute Gasteiger partial charge is 0.360 e. The summed E-state index contributed by atoms with van der Waals surface area (Å²) in [7, 11) is -3.77. The number of nitrogens with two attached hydrogens (primary N) is 1. The molecule has 25 heavy (non-hydrogen) atoms. The Morgan fingerprint density at radius 3 is 2.56 bits per heavy atom. The lowest BCUT2D eigenvalue weighted by atomic mass is 10.2. The van der Waals surface area contributed by atoms with Crippen LogP contribution in [0.5, 0.6) is 0 Å². The van der Waals surface area contributed by atoms with E-state index in [2.05, 4.69) is 15.6 Å². The monoisotopic (exact) mass is 357 g/mol. The summed E-state index contributed by atoms with van der Waals surface area (Å²) in [6.07, 6.45) is 4.48. The van der Waals surface area contributed by atoms with Crippen LogP contribution in [-0.2, 0) is 21.4 Å². The Morgan fingerprint density at radius 2 is 2.00 bits per heavy atom. The molecule has 0 saturated carbocycles. The van der Waals surface area contributed by atoms with Crippen LogP contribution in [0.1, 0.15) is 5.56 Å². The molecule has 0 aliphatic heterocycles. The van der Waals surface area contributed by atoms with Crippen molar-refractivity contribution in [1.29, 1.82) is 5.26 Å². The van der Waals surface area contributed by atoms with Crippen molar-refractivity contribution >= 4 is 21.6 Å². The maximum Gasteiger partial charge on any atom is 0.263 e. The molecule has 0 saturated heterocycles. The maximum absolute atomic E-state index is 12.0. The van der Waals surface area contributed by atoms with E-state index in [0.29, 0.717) is 5.69 Å². The van der Waals surface area contributed by atoms with Crippen LogP contribution in [0.25, 0.3) is 0 Å². The van der Waals surface area contributed by atoms with Gasteiger partial charge in [0.05, 0.1) is 4.90 Å². The van der Waals surface area contributed by atoms with Gasteiger partial charge in [-0.15, -0.1) is 0 Å².